The summed E-state index contributed by atoms with van der Waals surface area (Å²) in [5.41, 5.74) is 2.73. The van der Waals surface area contributed by atoms with Gasteiger partial charge in [0.1, 0.15) is 11.5 Å². The van der Waals surface area contributed by atoms with Gasteiger partial charge in [0.05, 0.1) is 25.8 Å². The van der Waals surface area contributed by atoms with E-state index in [1.54, 1.807) is 14.2 Å². The number of nitrogens with zero attached hydrogens (tertiary/aromatic N) is 1. The first kappa shape index (κ1) is 18.2. The lowest BCUT2D eigenvalue weighted by atomic mass is 9.74. The smallest absolute Gasteiger partial charge is 0.277 e. The van der Waals surface area contributed by atoms with E-state index in [2.05, 4.69) is 10.5 Å². The van der Waals surface area contributed by atoms with E-state index in [1.807, 2.05) is 72.8 Å². The first-order valence-corrected chi connectivity index (χ1v) is 9.63. The Kier molecular flexibility index (Phi) is 4.20. The summed E-state index contributed by atoms with van der Waals surface area (Å²) in [6, 6.07) is 22.8. The van der Waals surface area contributed by atoms with E-state index in [-0.39, 0.29) is 5.91 Å². The molecule has 0 unspecified atom stereocenters. The second kappa shape index (κ2) is 6.91. The summed E-state index contributed by atoms with van der Waals surface area (Å²) < 4.78 is 10.6. The average Bonchev–Trinajstić information content (AvgIpc) is 3.33. The predicted molar refractivity (Wildman–Crippen MR) is 113 cm³/mol. The van der Waals surface area contributed by atoms with E-state index in [0.717, 1.165) is 33.9 Å². The van der Waals surface area contributed by atoms with Gasteiger partial charge in [-0.15, -0.1) is 0 Å². The molecular weight excluding hydrogens is 380 g/mol. The van der Waals surface area contributed by atoms with Crippen LogP contribution < -0.4 is 14.8 Å². The van der Waals surface area contributed by atoms with Gasteiger partial charge in [-0.1, -0.05) is 35.5 Å². The first-order chi connectivity index (χ1) is 14.7. The number of hydrogen-bond acceptors (Lipinski definition) is 5. The Morgan fingerprint density at radius 3 is 2.20 bits per heavy atom. The zero-order valence-electron chi connectivity index (χ0n) is 16.6. The SMILES string of the molecule is COc1ccc(C2=NO[C@@]3(C(=O)Nc4ccccc43)[C@@H]2c2ccc(OC)cc2)cc1. The normalized spacial score (nSPS) is 21.6. The third-order valence-corrected chi connectivity index (χ3v) is 5.72. The molecule has 2 aliphatic heterocycles. The number of methoxy groups -OCH3 is 2. The maximum absolute atomic E-state index is 13.3. The number of oxime groups is 1. The molecule has 2 aliphatic rings. The van der Waals surface area contributed by atoms with E-state index >= 15 is 0 Å². The van der Waals surface area contributed by atoms with Crippen molar-refractivity contribution in [2.24, 2.45) is 5.16 Å². The van der Waals surface area contributed by atoms with Crippen molar-refractivity contribution in [3.8, 4) is 11.5 Å². The number of ether oxygens (including phenoxy) is 2. The van der Waals surface area contributed by atoms with E-state index in [4.69, 9.17) is 14.3 Å². The van der Waals surface area contributed by atoms with Gasteiger partial charge in [-0.05, 0) is 48.0 Å². The maximum Gasteiger partial charge on any atom is 0.277 e. The largest absolute Gasteiger partial charge is 0.497 e. The highest BCUT2D eigenvalue weighted by atomic mass is 16.7. The summed E-state index contributed by atoms with van der Waals surface area (Å²) >= 11 is 0. The lowest BCUT2D eigenvalue weighted by Crippen LogP contribution is -2.41. The molecule has 0 saturated heterocycles. The van der Waals surface area contributed by atoms with Crippen LogP contribution in [-0.2, 0) is 15.2 Å². The van der Waals surface area contributed by atoms with Gasteiger partial charge in [-0.25, -0.2) is 0 Å². The van der Waals surface area contributed by atoms with Crippen molar-refractivity contribution in [1.82, 2.24) is 0 Å². The topological polar surface area (TPSA) is 69.2 Å². The number of benzene rings is 3. The highest BCUT2D eigenvalue weighted by Crippen LogP contribution is 2.53. The Morgan fingerprint density at radius 2 is 1.53 bits per heavy atom. The number of fused-ring (bicyclic) bond motifs is 2. The van der Waals surface area contributed by atoms with Crippen LogP contribution in [0.15, 0.2) is 78.0 Å². The minimum Gasteiger partial charge on any atom is -0.497 e. The third kappa shape index (κ3) is 2.57. The molecule has 6 nitrogen and oxygen atoms in total. The average molecular weight is 400 g/mol. The molecule has 150 valence electrons. The molecule has 1 spiro atoms. The Balaban J connectivity index is 1.68. The number of carbonyl (C=O) groups is 1. The highest BCUT2D eigenvalue weighted by Gasteiger charge is 2.61. The van der Waals surface area contributed by atoms with Gasteiger partial charge in [-0.2, -0.15) is 0 Å². The van der Waals surface area contributed by atoms with E-state index < -0.39 is 11.5 Å². The number of rotatable bonds is 4. The van der Waals surface area contributed by atoms with Crippen LogP contribution in [0.2, 0.25) is 0 Å². The van der Waals surface area contributed by atoms with Crippen molar-refractivity contribution in [2.75, 3.05) is 19.5 Å². The van der Waals surface area contributed by atoms with Gasteiger partial charge < -0.3 is 19.6 Å². The molecule has 0 aliphatic carbocycles. The predicted octanol–water partition coefficient (Wildman–Crippen LogP) is 4.07. The summed E-state index contributed by atoms with van der Waals surface area (Å²) in [6.45, 7) is 0. The Morgan fingerprint density at radius 1 is 0.900 bits per heavy atom. The van der Waals surface area contributed by atoms with Crippen molar-refractivity contribution in [1.29, 1.82) is 0 Å². The first-order valence-electron chi connectivity index (χ1n) is 9.63. The monoisotopic (exact) mass is 400 g/mol. The van der Waals surface area contributed by atoms with E-state index in [9.17, 15) is 4.79 Å². The molecule has 1 amide bonds. The molecule has 2 heterocycles. The van der Waals surface area contributed by atoms with Crippen LogP contribution in [0.25, 0.3) is 0 Å². The number of hydrogen-bond donors (Lipinski definition) is 1. The number of nitrogens with one attached hydrogen (secondary N) is 1. The molecule has 0 saturated carbocycles. The van der Waals surface area contributed by atoms with Crippen molar-refractivity contribution in [3.05, 3.63) is 89.5 Å². The van der Waals surface area contributed by atoms with Crippen LogP contribution >= 0.6 is 0 Å². The van der Waals surface area contributed by atoms with Crippen LogP contribution in [0.5, 0.6) is 11.5 Å². The van der Waals surface area contributed by atoms with Gasteiger partial charge in [0, 0.05) is 16.8 Å². The molecule has 1 N–H and O–H groups in total. The third-order valence-electron chi connectivity index (χ3n) is 5.72. The van der Waals surface area contributed by atoms with Crippen molar-refractivity contribution in [3.63, 3.8) is 0 Å². The number of anilines is 1. The van der Waals surface area contributed by atoms with Crippen LogP contribution in [0.1, 0.15) is 22.6 Å². The van der Waals surface area contributed by atoms with Crippen LogP contribution in [0.3, 0.4) is 0 Å². The lowest BCUT2D eigenvalue weighted by Gasteiger charge is -2.28. The highest BCUT2D eigenvalue weighted by molar-refractivity contribution is 6.15. The molecule has 0 radical (unpaired) electrons. The Hall–Kier alpha value is -3.80. The number of para-hydroxylation sites is 1. The number of carbonyl (C=O) groups excluding carboxylic acids is 1. The number of amides is 1. The van der Waals surface area contributed by atoms with Crippen LogP contribution in [-0.4, -0.2) is 25.8 Å². The summed E-state index contributed by atoms with van der Waals surface area (Å²) in [5, 5.41) is 7.39. The van der Waals surface area contributed by atoms with Gasteiger partial charge >= 0.3 is 0 Å². The fourth-order valence-electron chi connectivity index (χ4n) is 4.22. The van der Waals surface area contributed by atoms with Crippen LogP contribution in [0.4, 0.5) is 5.69 Å². The van der Waals surface area contributed by atoms with Crippen LogP contribution in [0, 0.1) is 0 Å². The van der Waals surface area contributed by atoms with Gasteiger partial charge in [-0.3, -0.25) is 4.79 Å². The quantitative estimate of drug-likeness (QED) is 0.717. The van der Waals surface area contributed by atoms with Gasteiger partial charge in [0.25, 0.3) is 11.5 Å². The van der Waals surface area contributed by atoms with Crippen molar-refractivity contribution < 1.29 is 19.1 Å². The van der Waals surface area contributed by atoms with Gasteiger partial charge in [0.15, 0.2) is 0 Å². The van der Waals surface area contributed by atoms with Gasteiger partial charge in [0.2, 0.25) is 0 Å². The maximum atomic E-state index is 13.3. The minimum absolute atomic E-state index is 0.225. The fraction of sp³-hybridized carbons (Fsp3) is 0.167. The summed E-state index contributed by atoms with van der Waals surface area (Å²) in [7, 11) is 3.25. The van der Waals surface area contributed by atoms with E-state index in [1.165, 1.54) is 0 Å². The summed E-state index contributed by atoms with van der Waals surface area (Å²) in [4.78, 5) is 19.3. The second-order valence-electron chi connectivity index (χ2n) is 7.24. The van der Waals surface area contributed by atoms with E-state index in [0.29, 0.717) is 5.71 Å². The molecule has 3 aromatic rings. The van der Waals surface area contributed by atoms with Crippen molar-refractivity contribution in [2.45, 2.75) is 11.5 Å². The zero-order chi connectivity index (χ0) is 20.7. The molecule has 3 aromatic carbocycles. The molecular formula is C24H20N2O4. The summed E-state index contributed by atoms with van der Waals surface area (Å²) in [6.07, 6.45) is 0. The minimum atomic E-state index is -1.26. The Bertz CT molecular complexity index is 1140. The molecule has 2 atom stereocenters. The lowest BCUT2D eigenvalue weighted by molar-refractivity contribution is -0.139. The standard InChI is InChI=1S/C24H20N2O4/c1-28-17-11-7-15(8-12-17)21-22(16-9-13-18(29-2)14-10-16)26-30-24(21)19-5-3-4-6-20(19)25-23(24)27/h3-14,21H,1-2H3,(H,25,27)/t21-,24-/m1/s1. The molecule has 5 rings (SSSR count). The molecule has 0 aromatic heterocycles. The molecule has 0 bridgehead atoms. The fourth-order valence-corrected chi connectivity index (χ4v) is 4.22. The molecule has 30 heavy (non-hydrogen) atoms. The second-order valence-corrected chi connectivity index (χ2v) is 7.24. The summed E-state index contributed by atoms with van der Waals surface area (Å²) in [5.74, 6) is 0.834. The Labute approximate surface area is 174 Å². The van der Waals surface area contributed by atoms with Crippen molar-refractivity contribution >= 4 is 17.3 Å². The zero-order valence-corrected chi connectivity index (χ0v) is 16.6. The molecule has 6 heteroatoms. The molecule has 0 fully saturated rings.